The fourth-order valence-electron chi connectivity index (χ4n) is 6.77. The maximum Gasteiger partial charge on any atom is 0.0541 e. The van der Waals surface area contributed by atoms with E-state index in [1.54, 1.807) is 0 Å². The van der Waals surface area contributed by atoms with Gasteiger partial charge in [0, 0.05) is 38.8 Å². The molecule has 1 heterocycles. The van der Waals surface area contributed by atoms with Crippen molar-refractivity contribution in [3.05, 3.63) is 151 Å². The summed E-state index contributed by atoms with van der Waals surface area (Å²) in [5.74, 6) is 0. The molecule has 0 saturated carbocycles. The largest absolute Gasteiger partial charge is 0.355 e. The molecular weight excluding hydrogens is 496 g/mol. The van der Waals surface area contributed by atoms with Crippen LogP contribution in [-0.2, 0) is 5.41 Å². The molecule has 0 unspecified atom stereocenters. The summed E-state index contributed by atoms with van der Waals surface area (Å²) in [6, 6.07) is 50.4. The Balaban J connectivity index is 1.16. The highest BCUT2D eigenvalue weighted by atomic mass is 15.0. The Morgan fingerprint density at radius 3 is 1.83 bits per heavy atom. The number of rotatable bonds is 4. The lowest BCUT2D eigenvalue weighted by Gasteiger charge is -2.22. The van der Waals surface area contributed by atoms with E-state index in [1.807, 2.05) is 0 Å². The maximum atomic E-state index is 3.75. The zero-order chi connectivity index (χ0) is 27.6. The van der Waals surface area contributed by atoms with Gasteiger partial charge in [0.1, 0.15) is 0 Å². The highest BCUT2D eigenvalue weighted by Gasteiger charge is 2.35. The number of fused-ring (bicyclic) bond motifs is 6. The van der Waals surface area contributed by atoms with Crippen molar-refractivity contribution in [2.24, 2.45) is 0 Å². The molecule has 0 radical (unpaired) electrons. The number of para-hydroxylation sites is 3. The van der Waals surface area contributed by atoms with Crippen LogP contribution in [0.25, 0.3) is 49.7 Å². The van der Waals surface area contributed by atoms with Crippen molar-refractivity contribution in [1.29, 1.82) is 0 Å². The van der Waals surface area contributed by atoms with Gasteiger partial charge in [0.15, 0.2) is 0 Å². The fraction of sp³-hybridized carbons (Fsp3) is 0.0769. The number of nitrogens with one attached hydrogen (secondary N) is 1. The van der Waals surface area contributed by atoms with Gasteiger partial charge < -0.3 is 9.88 Å². The van der Waals surface area contributed by atoms with Crippen LogP contribution in [-0.4, -0.2) is 4.57 Å². The highest BCUT2D eigenvalue weighted by molar-refractivity contribution is 6.09. The Labute approximate surface area is 240 Å². The van der Waals surface area contributed by atoms with E-state index in [-0.39, 0.29) is 5.41 Å². The van der Waals surface area contributed by atoms with E-state index in [9.17, 15) is 0 Å². The molecule has 7 aromatic rings. The predicted octanol–water partition coefficient (Wildman–Crippen LogP) is 10.5. The van der Waals surface area contributed by atoms with Crippen molar-refractivity contribution in [2.75, 3.05) is 5.32 Å². The Morgan fingerprint density at radius 2 is 1.10 bits per heavy atom. The predicted molar refractivity (Wildman–Crippen MR) is 174 cm³/mol. The summed E-state index contributed by atoms with van der Waals surface area (Å²) in [5.41, 5.74) is 13.6. The molecule has 0 saturated heterocycles. The zero-order valence-electron chi connectivity index (χ0n) is 23.2. The van der Waals surface area contributed by atoms with Crippen LogP contribution in [0.3, 0.4) is 0 Å². The summed E-state index contributed by atoms with van der Waals surface area (Å²) in [5, 5.41) is 6.31. The third kappa shape index (κ3) is 3.64. The molecule has 1 aliphatic rings. The number of anilines is 2. The molecule has 6 aromatic carbocycles. The summed E-state index contributed by atoms with van der Waals surface area (Å²) in [4.78, 5) is 0. The standard InChI is InChI=1S/C39H30N2/c1-39(2)34-15-7-3-12-30(34)31-24-21-27(25-35(31)39)40-36-16-8-4-11-29(36)26-19-22-28(23-20-26)41-37-17-9-5-13-32(37)33-14-6-10-18-38(33)41/h3-25,40H,1-2H3. The molecule has 41 heavy (non-hydrogen) atoms. The molecule has 2 nitrogen and oxygen atoms in total. The minimum Gasteiger partial charge on any atom is -0.355 e. The monoisotopic (exact) mass is 526 g/mol. The van der Waals surface area contributed by atoms with Gasteiger partial charge >= 0.3 is 0 Å². The van der Waals surface area contributed by atoms with Crippen LogP contribution in [0, 0.1) is 0 Å². The fourth-order valence-corrected chi connectivity index (χ4v) is 6.77. The van der Waals surface area contributed by atoms with Crippen molar-refractivity contribution < 1.29 is 0 Å². The van der Waals surface area contributed by atoms with E-state index in [1.165, 1.54) is 55.2 Å². The van der Waals surface area contributed by atoms with Crippen LogP contribution in [0.1, 0.15) is 25.0 Å². The molecule has 0 amide bonds. The Bertz CT molecular complexity index is 2040. The lowest BCUT2D eigenvalue weighted by Crippen LogP contribution is -2.15. The average Bonchev–Trinajstić information content (AvgIpc) is 3.47. The van der Waals surface area contributed by atoms with Crippen molar-refractivity contribution in [2.45, 2.75) is 19.3 Å². The average molecular weight is 527 g/mol. The molecule has 0 bridgehead atoms. The highest BCUT2D eigenvalue weighted by Crippen LogP contribution is 2.49. The van der Waals surface area contributed by atoms with Gasteiger partial charge in [0.05, 0.1) is 11.0 Å². The molecule has 1 aromatic heterocycles. The summed E-state index contributed by atoms with van der Waals surface area (Å²) >= 11 is 0. The van der Waals surface area contributed by atoms with E-state index < -0.39 is 0 Å². The molecule has 1 N–H and O–H groups in total. The van der Waals surface area contributed by atoms with Gasteiger partial charge in [-0.15, -0.1) is 0 Å². The van der Waals surface area contributed by atoms with Crippen LogP contribution >= 0.6 is 0 Å². The first-order chi connectivity index (χ1) is 20.1. The van der Waals surface area contributed by atoms with Gasteiger partial charge in [-0.25, -0.2) is 0 Å². The number of nitrogens with zero attached hydrogens (tertiary/aromatic N) is 1. The number of aromatic nitrogens is 1. The van der Waals surface area contributed by atoms with Crippen LogP contribution in [0.5, 0.6) is 0 Å². The lowest BCUT2D eigenvalue weighted by atomic mass is 9.82. The van der Waals surface area contributed by atoms with E-state index in [4.69, 9.17) is 0 Å². The SMILES string of the molecule is CC1(C)c2ccccc2-c2ccc(Nc3ccccc3-c3ccc(-n4c5ccccc5c5ccccc54)cc3)cc21. The summed E-state index contributed by atoms with van der Waals surface area (Å²) in [6.45, 7) is 4.65. The van der Waals surface area contributed by atoms with Crippen LogP contribution < -0.4 is 5.32 Å². The molecule has 0 fully saturated rings. The number of hydrogen-bond donors (Lipinski definition) is 1. The maximum absolute atomic E-state index is 3.75. The van der Waals surface area contributed by atoms with E-state index in [2.05, 4.69) is 163 Å². The normalized spacial score (nSPS) is 13.3. The smallest absolute Gasteiger partial charge is 0.0541 e. The summed E-state index contributed by atoms with van der Waals surface area (Å²) in [6.07, 6.45) is 0. The third-order valence-electron chi connectivity index (χ3n) is 8.81. The van der Waals surface area contributed by atoms with Crippen molar-refractivity contribution in [1.82, 2.24) is 4.57 Å². The van der Waals surface area contributed by atoms with Gasteiger partial charge in [-0.2, -0.15) is 0 Å². The van der Waals surface area contributed by atoms with Gasteiger partial charge in [0.25, 0.3) is 0 Å². The topological polar surface area (TPSA) is 17.0 Å². The second-order valence-corrected chi connectivity index (χ2v) is 11.5. The minimum absolute atomic E-state index is 0.0220. The first kappa shape index (κ1) is 23.8. The Hall–Kier alpha value is -5.08. The Kier molecular flexibility index (Phi) is 5.20. The van der Waals surface area contributed by atoms with Crippen molar-refractivity contribution >= 4 is 33.2 Å². The van der Waals surface area contributed by atoms with Gasteiger partial charge in [-0.1, -0.05) is 111 Å². The number of hydrogen-bond acceptors (Lipinski definition) is 1. The minimum atomic E-state index is -0.0220. The van der Waals surface area contributed by atoms with Crippen LogP contribution in [0.2, 0.25) is 0 Å². The van der Waals surface area contributed by atoms with Crippen LogP contribution in [0.15, 0.2) is 140 Å². The molecular formula is C39H30N2. The molecule has 1 aliphatic carbocycles. The zero-order valence-corrected chi connectivity index (χ0v) is 23.2. The Morgan fingerprint density at radius 1 is 0.512 bits per heavy atom. The van der Waals surface area contributed by atoms with Crippen molar-refractivity contribution in [3.63, 3.8) is 0 Å². The first-order valence-corrected chi connectivity index (χ1v) is 14.3. The quantitative estimate of drug-likeness (QED) is 0.241. The third-order valence-corrected chi connectivity index (χ3v) is 8.81. The van der Waals surface area contributed by atoms with E-state index in [0.717, 1.165) is 17.1 Å². The molecule has 8 rings (SSSR count). The van der Waals surface area contributed by atoms with Gasteiger partial charge in [-0.3, -0.25) is 0 Å². The molecule has 2 heteroatoms. The summed E-state index contributed by atoms with van der Waals surface area (Å²) in [7, 11) is 0. The van der Waals surface area contributed by atoms with E-state index >= 15 is 0 Å². The molecule has 0 spiro atoms. The van der Waals surface area contributed by atoms with Gasteiger partial charge in [-0.05, 0) is 70.3 Å². The second kappa shape index (κ2) is 8.97. The molecule has 196 valence electrons. The van der Waals surface area contributed by atoms with Crippen LogP contribution in [0.4, 0.5) is 11.4 Å². The first-order valence-electron chi connectivity index (χ1n) is 14.3. The lowest BCUT2D eigenvalue weighted by molar-refractivity contribution is 0.660. The number of benzene rings is 6. The molecule has 0 aliphatic heterocycles. The van der Waals surface area contributed by atoms with E-state index in [0.29, 0.717) is 0 Å². The second-order valence-electron chi connectivity index (χ2n) is 11.5. The van der Waals surface area contributed by atoms with Gasteiger partial charge in [0.2, 0.25) is 0 Å². The molecule has 0 atom stereocenters. The van der Waals surface area contributed by atoms with Crippen molar-refractivity contribution in [3.8, 4) is 27.9 Å². The summed E-state index contributed by atoms with van der Waals surface area (Å²) < 4.78 is 2.36.